The lowest BCUT2D eigenvalue weighted by atomic mass is 9.97. The van der Waals surface area contributed by atoms with Crippen molar-refractivity contribution in [1.82, 2.24) is 4.90 Å². The van der Waals surface area contributed by atoms with Crippen LogP contribution in [0.5, 0.6) is 0 Å². The molecular formula is C16H23N. The highest BCUT2D eigenvalue weighted by Crippen LogP contribution is 2.22. The zero-order valence-corrected chi connectivity index (χ0v) is 11.1. The highest BCUT2D eigenvalue weighted by molar-refractivity contribution is 5.61. The summed E-state index contributed by atoms with van der Waals surface area (Å²) < 4.78 is 0. The van der Waals surface area contributed by atoms with E-state index in [0.717, 1.165) is 5.57 Å². The molecule has 2 rings (SSSR count). The van der Waals surface area contributed by atoms with E-state index in [1.54, 1.807) is 0 Å². The van der Waals surface area contributed by atoms with E-state index in [0.29, 0.717) is 5.92 Å². The number of rotatable bonds is 4. The van der Waals surface area contributed by atoms with Crippen LogP contribution in [0.25, 0.3) is 5.57 Å². The molecule has 1 unspecified atom stereocenters. The molecule has 1 saturated heterocycles. The molecule has 1 fully saturated rings. The van der Waals surface area contributed by atoms with Gasteiger partial charge in [-0.3, -0.25) is 0 Å². The van der Waals surface area contributed by atoms with Crippen LogP contribution in [0, 0.1) is 0 Å². The Labute approximate surface area is 105 Å². The van der Waals surface area contributed by atoms with Crippen LogP contribution in [0.4, 0.5) is 0 Å². The third-order valence-electron chi connectivity index (χ3n) is 3.68. The Kier molecular flexibility index (Phi) is 4.01. The molecule has 0 aromatic heterocycles. The van der Waals surface area contributed by atoms with Gasteiger partial charge < -0.3 is 4.90 Å². The van der Waals surface area contributed by atoms with E-state index in [1.165, 1.54) is 43.6 Å². The minimum Gasteiger partial charge on any atom is -0.303 e. The molecule has 1 heteroatoms. The molecule has 1 atom stereocenters. The molecule has 1 aliphatic heterocycles. The Balaban J connectivity index is 2.04. The summed E-state index contributed by atoms with van der Waals surface area (Å²) in [5, 5.41) is 0. The first-order valence-electron chi connectivity index (χ1n) is 6.65. The molecule has 1 nitrogen and oxygen atoms in total. The maximum Gasteiger partial charge on any atom is 0.00476 e. The molecule has 0 N–H and O–H groups in total. The average molecular weight is 229 g/mol. The smallest absolute Gasteiger partial charge is 0.00476 e. The molecule has 1 heterocycles. The first-order valence-corrected chi connectivity index (χ1v) is 6.65. The minimum atomic E-state index is 0.618. The van der Waals surface area contributed by atoms with Gasteiger partial charge in [-0.2, -0.15) is 0 Å². The van der Waals surface area contributed by atoms with Crippen molar-refractivity contribution in [2.45, 2.75) is 32.6 Å². The van der Waals surface area contributed by atoms with Gasteiger partial charge in [-0.15, -0.1) is 0 Å². The lowest BCUT2D eigenvalue weighted by Crippen LogP contribution is -2.24. The monoisotopic (exact) mass is 229 g/mol. The second-order valence-corrected chi connectivity index (χ2v) is 5.31. The molecule has 0 bridgehead atoms. The zero-order valence-electron chi connectivity index (χ0n) is 11.1. The fourth-order valence-corrected chi connectivity index (χ4v) is 2.57. The van der Waals surface area contributed by atoms with E-state index in [9.17, 15) is 0 Å². The van der Waals surface area contributed by atoms with Crippen LogP contribution >= 0.6 is 0 Å². The highest BCUT2D eigenvalue weighted by atomic mass is 15.1. The normalized spacial score (nSPS) is 18.2. The van der Waals surface area contributed by atoms with Crippen LogP contribution in [0.2, 0.25) is 0 Å². The Morgan fingerprint density at radius 3 is 2.71 bits per heavy atom. The first-order chi connectivity index (χ1) is 8.16. The summed E-state index contributed by atoms with van der Waals surface area (Å²) >= 11 is 0. The number of nitrogens with zero attached hydrogens (tertiary/aromatic N) is 1. The standard InChI is InChI=1S/C16H23N/c1-13(2)15-7-6-8-16(11-15)14(3)12-17-9-4-5-10-17/h6-8,11,14H,1,4-5,9-10,12H2,2-3H3. The molecule has 0 radical (unpaired) electrons. The zero-order chi connectivity index (χ0) is 12.3. The van der Waals surface area contributed by atoms with Crippen molar-refractivity contribution in [1.29, 1.82) is 0 Å². The van der Waals surface area contributed by atoms with Crippen molar-refractivity contribution < 1.29 is 0 Å². The summed E-state index contributed by atoms with van der Waals surface area (Å²) in [4.78, 5) is 2.58. The Bertz CT molecular complexity index is 388. The summed E-state index contributed by atoms with van der Waals surface area (Å²) in [6.07, 6.45) is 2.75. The first kappa shape index (κ1) is 12.4. The second-order valence-electron chi connectivity index (χ2n) is 5.31. The van der Waals surface area contributed by atoms with E-state index in [-0.39, 0.29) is 0 Å². The summed E-state index contributed by atoms with van der Waals surface area (Å²) in [5.41, 5.74) is 3.87. The van der Waals surface area contributed by atoms with Crippen molar-refractivity contribution in [3.63, 3.8) is 0 Å². The van der Waals surface area contributed by atoms with Crippen molar-refractivity contribution >= 4 is 5.57 Å². The molecule has 0 amide bonds. The summed E-state index contributed by atoms with van der Waals surface area (Å²) in [7, 11) is 0. The van der Waals surface area contributed by atoms with Crippen molar-refractivity contribution in [3.8, 4) is 0 Å². The van der Waals surface area contributed by atoms with Gasteiger partial charge in [0.1, 0.15) is 0 Å². The van der Waals surface area contributed by atoms with Crippen LogP contribution in [-0.2, 0) is 0 Å². The van der Waals surface area contributed by atoms with Gasteiger partial charge >= 0.3 is 0 Å². The summed E-state index contributed by atoms with van der Waals surface area (Å²) in [5.74, 6) is 0.618. The average Bonchev–Trinajstić information content (AvgIpc) is 2.82. The highest BCUT2D eigenvalue weighted by Gasteiger charge is 2.15. The lowest BCUT2D eigenvalue weighted by Gasteiger charge is -2.21. The maximum absolute atomic E-state index is 4.02. The van der Waals surface area contributed by atoms with Crippen LogP contribution in [0.3, 0.4) is 0 Å². The van der Waals surface area contributed by atoms with Crippen molar-refractivity contribution in [2.75, 3.05) is 19.6 Å². The van der Waals surface area contributed by atoms with Gasteiger partial charge in [0.25, 0.3) is 0 Å². The number of allylic oxidation sites excluding steroid dienone is 1. The van der Waals surface area contributed by atoms with Gasteiger partial charge in [-0.1, -0.05) is 43.3 Å². The second kappa shape index (κ2) is 5.50. The fourth-order valence-electron chi connectivity index (χ4n) is 2.57. The third kappa shape index (κ3) is 3.19. The van der Waals surface area contributed by atoms with E-state index in [1.807, 2.05) is 0 Å². The molecule has 1 aromatic rings. The molecule has 17 heavy (non-hydrogen) atoms. The van der Waals surface area contributed by atoms with Gasteiger partial charge in [0.05, 0.1) is 0 Å². The van der Waals surface area contributed by atoms with Crippen molar-refractivity contribution in [3.05, 3.63) is 42.0 Å². The maximum atomic E-state index is 4.02. The Hall–Kier alpha value is -1.08. The van der Waals surface area contributed by atoms with Crippen LogP contribution < -0.4 is 0 Å². The molecular weight excluding hydrogens is 206 g/mol. The van der Waals surface area contributed by atoms with E-state index >= 15 is 0 Å². The summed E-state index contributed by atoms with van der Waals surface area (Å²) in [6.45, 7) is 12.2. The van der Waals surface area contributed by atoms with Crippen molar-refractivity contribution in [2.24, 2.45) is 0 Å². The fraction of sp³-hybridized carbons (Fsp3) is 0.500. The quantitative estimate of drug-likeness (QED) is 0.756. The Morgan fingerprint density at radius 1 is 1.35 bits per heavy atom. The van der Waals surface area contributed by atoms with E-state index in [2.05, 4.69) is 49.6 Å². The topological polar surface area (TPSA) is 3.24 Å². The molecule has 92 valence electrons. The van der Waals surface area contributed by atoms with Gasteiger partial charge in [0.15, 0.2) is 0 Å². The third-order valence-corrected chi connectivity index (χ3v) is 3.68. The van der Waals surface area contributed by atoms with Crippen LogP contribution in [0.15, 0.2) is 30.8 Å². The molecule has 1 aromatic carbocycles. The van der Waals surface area contributed by atoms with Gasteiger partial charge in [-0.05, 0) is 49.9 Å². The number of hydrogen-bond acceptors (Lipinski definition) is 1. The molecule has 0 aliphatic carbocycles. The molecule has 1 aliphatic rings. The van der Waals surface area contributed by atoms with Gasteiger partial charge in [0.2, 0.25) is 0 Å². The molecule has 0 saturated carbocycles. The van der Waals surface area contributed by atoms with Gasteiger partial charge in [0, 0.05) is 6.54 Å². The predicted octanol–water partition coefficient (Wildman–Crippen LogP) is 3.92. The van der Waals surface area contributed by atoms with E-state index < -0.39 is 0 Å². The van der Waals surface area contributed by atoms with E-state index in [4.69, 9.17) is 0 Å². The number of hydrogen-bond donors (Lipinski definition) is 0. The SMILES string of the molecule is C=C(C)c1cccc(C(C)CN2CCCC2)c1. The molecule has 0 spiro atoms. The minimum absolute atomic E-state index is 0.618. The number of benzene rings is 1. The summed E-state index contributed by atoms with van der Waals surface area (Å²) in [6, 6.07) is 8.84. The largest absolute Gasteiger partial charge is 0.303 e. The van der Waals surface area contributed by atoms with Crippen LogP contribution in [0.1, 0.15) is 43.7 Å². The Morgan fingerprint density at radius 2 is 2.06 bits per heavy atom. The number of likely N-dealkylation sites (tertiary alicyclic amines) is 1. The van der Waals surface area contributed by atoms with Gasteiger partial charge in [-0.25, -0.2) is 0 Å². The lowest BCUT2D eigenvalue weighted by molar-refractivity contribution is 0.320. The van der Waals surface area contributed by atoms with Crippen LogP contribution in [-0.4, -0.2) is 24.5 Å². The predicted molar refractivity (Wildman–Crippen MR) is 75.2 cm³/mol.